The van der Waals surface area contributed by atoms with Crippen molar-refractivity contribution >= 4 is 5.91 Å². The second-order valence-corrected chi connectivity index (χ2v) is 5.96. The fraction of sp³-hybridized carbons (Fsp3) is 0.750. The number of hydrogen-bond acceptors (Lipinski definition) is 4. The molecule has 1 aliphatic heterocycles. The van der Waals surface area contributed by atoms with Crippen LogP contribution in [0.2, 0.25) is 0 Å². The van der Waals surface area contributed by atoms with Gasteiger partial charge in [-0.05, 0) is 39.7 Å². The number of carbonyl (C=O) groups is 1. The van der Waals surface area contributed by atoms with Crippen molar-refractivity contribution in [3.05, 3.63) is 17.5 Å². The molecule has 1 aromatic heterocycles. The Hall–Kier alpha value is -1.40. The Bertz CT molecular complexity index is 543. The van der Waals surface area contributed by atoms with E-state index in [9.17, 15) is 4.79 Å². The highest BCUT2D eigenvalue weighted by Gasteiger charge is 2.45. The maximum absolute atomic E-state index is 13.0. The highest BCUT2D eigenvalue weighted by atomic mass is 16.5. The Balaban J connectivity index is 1.87. The number of aromatic nitrogens is 2. The molecule has 0 radical (unpaired) electrons. The first-order chi connectivity index (χ1) is 10.7. The Morgan fingerprint density at radius 2 is 2.27 bits per heavy atom. The highest BCUT2D eigenvalue weighted by molar-refractivity contribution is 5.93. The predicted octanol–water partition coefficient (Wildman–Crippen LogP) is 1.62. The number of ether oxygens (including phenoxy) is 2. The summed E-state index contributed by atoms with van der Waals surface area (Å²) in [6, 6.07) is 1.99. The lowest BCUT2D eigenvalue weighted by atomic mass is 10.1. The number of aryl methyl sites for hydroxylation is 2. The summed E-state index contributed by atoms with van der Waals surface area (Å²) >= 11 is 0. The van der Waals surface area contributed by atoms with Gasteiger partial charge in [-0.2, -0.15) is 5.10 Å². The minimum atomic E-state index is -0.00413. The maximum Gasteiger partial charge on any atom is 0.272 e. The molecule has 6 nitrogen and oxygen atoms in total. The highest BCUT2D eigenvalue weighted by Crippen LogP contribution is 2.32. The van der Waals surface area contributed by atoms with E-state index in [2.05, 4.69) is 5.10 Å². The van der Waals surface area contributed by atoms with Crippen molar-refractivity contribution in [1.29, 1.82) is 0 Å². The summed E-state index contributed by atoms with van der Waals surface area (Å²) in [6.07, 6.45) is 2.03. The summed E-state index contributed by atoms with van der Waals surface area (Å²) in [4.78, 5) is 15.0. The SMILES string of the molecule is CCO[C@@H]1[C@H]2CC[C@H]1OCCN2C(=O)c1cc(C)nn1CC. The van der Waals surface area contributed by atoms with E-state index < -0.39 is 0 Å². The lowest BCUT2D eigenvalue weighted by molar-refractivity contribution is -0.0484. The van der Waals surface area contributed by atoms with Gasteiger partial charge in [0.25, 0.3) is 5.91 Å². The molecule has 0 aromatic carbocycles. The first-order valence-electron chi connectivity index (χ1n) is 8.24. The predicted molar refractivity (Wildman–Crippen MR) is 81.9 cm³/mol. The Labute approximate surface area is 131 Å². The van der Waals surface area contributed by atoms with Crippen LogP contribution >= 0.6 is 0 Å². The summed E-state index contributed by atoms with van der Waals surface area (Å²) < 4.78 is 13.6. The van der Waals surface area contributed by atoms with E-state index in [4.69, 9.17) is 9.47 Å². The molecule has 2 fully saturated rings. The zero-order valence-electron chi connectivity index (χ0n) is 13.6. The minimum absolute atomic E-state index is 0.00413. The number of nitrogens with zero attached hydrogens (tertiary/aromatic N) is 3. The van der Waals surface area contributed by atoms with E-state index >= 15 is 0 Å². The normalized spacial score (nSPS) is 28.0. The summed E-state index contributed by atoms with van der Waals surface area (Å²) in [5, 5.41) is 4.39. The van der Waals surface area contributed by atoms with Crippen LogP contribution in [0, 0.1) is 6.92 Å². The monoisotopic (exact) mass is 307 g/mol. The van der Waals surface area contributed by atoms with Crippen molar-refractivity contribution in [3.63, 3.8) is 0 Å². The zero-order chi connectivity index (χ0) is 15.7. The van der Waals surface area contributed by atoms with Gasteiger partial charge < -0.3 is 14.4 Å². The van der Waals surface area contributed by atoms with Gasteiger partial charge in [0, 0.05) is 19.7 Å². The van der Waals surface area contributed by atoms with Crippen molar-refractivity contribution in [2.24, 2.45) is 0 Å². The Kier molecular flexibility index (Phi) is 4.49. The summed E-state index contributed by atoms with van der Waals surface area (Å²) in [5.41, 5.74) is 1.54. The van der Waals surface area contributed by atoms with E-state index in [-0.39, 0.29) is 24.2 Å². The van der Waals surface area contributed by atoms with Crippen molar-refractivity contribution in [3.8, 4) is 0 Å². The summed E-state index contributed by atoms with van der Waals surface area (Å²) in [6.45, 7) is 8.46. The van der Waals surface area contributed by atoms with Gasteiger partial charge in [-0.15, -0.1) is 0 Å². The third kappa shape index (κ3) is 2.65. The first kappa shape index (κ1) is 15.5. The average molecular weight is 307 g/mol. The second-order valence-electron chi connectivity index (χ2n) is 5.96. The summed E-state index contributed by atoms with van der Waals surface area (Å²) in [5.74, 6) is 0.0447. The van der Waals surface area contributed by atoms with Crippen LogP contribution in [0.5, 0.6) is 0 Å². The van der Waals surface area contributed by atoms with Crippen molar-refractivity contribution in [2.45, 2.75) is 58.4 Å². The van der Waals surface area contributed by atoms with Gasteiger partial charge in [0.1, 0.15) is 11.8 Å². The van der Waals surface area contributed by atoms with Crippen molar-refractivity contribution < 1.29 is 14.3 Å². The lowest BCUT2D eigenvalue weighted by Gasteiger charge is -2.31. The third-order valence-corrected chi connectivity index (χ3v) is 4.60. The van der Waals surface area contributed by atoms with Crippen LogP contribution in [0.25, 0.3) is 0 Å². The molecule has 1 aromatic rings. The molecule has 6 heteroatoms. The lowest BCUT2D eigenvalue weighted by Crippen LogP contribution is -2.47. The molecule has 2 bridgehead atoms. The molecule has 3 rings (SSSR count). The third-order valence-electron chi connectivity index (χ3n) is 4.60. The molecule has 2 aliphatic rings. The standard InChI is InChI=1S/C16H25N3O3/c1-4-19-13(10-11(3)17-19)16(20)18-8-9-22-14-7-6-12(18)15(14)21-5-2/h10,12,14-15H,4-9H2,1-3H3/t12-,14-,15-/m1/s1. The van der Waals surface area contributed by atoms with Gasteiger partial charge in [0.2, 0.25) is 0 Å². The van der Waals surface area contributed by atoms with Crippen molar-refractivity contribution in [2.75, 3.05) is 19.8 Å². The van der Waals surface area contributed by atoms with Crippen LogP contribution in [0.15, 0.2) is 6.07 Å². The van der Waals surface area contributed by atoms with E-state index in [0.717, 1.165) is 18.5 Å². The number of amides is 1. The van der Waals surface area contributed by atoms with Crippen LogP contribution in [-0.2, 0) is 16.0 Å². The summed E-state index contributed by atoms with van der Waals surface area (Å²) in [7, 11) is 0. The number of hydrogen-bond donors (Lipinski definition) is 0. The zero-order valence-corrected chi connectivity index (χ0v) is 13.6. The van der Waals surface area contributed by atoms with E-state index in [1.54, 1.807) is 4.68 Å². The molecular weight excluding hydrogens is 282 g/mol. The topological polar surface area (TPSA) is 56.6 Å². The molecule has 0 N–H and O–H groups in total. The molecule has 1 aliphatic carbocycles. The minimum Gasteiger partial charge on any atom is -0.374 e. The van der Waals surface area contributed by atoms with Crippen LogP contribution in [0.4, 0.5) is 0 Å². The van der Waals surface area contributed by atoms with Gasteiger partial charge in [-0.1, -0.05) is 0 Å². The fourth-order valence-corrected chi connectivity index (χ4v) is 3.66. The molecule has 2 heterocycles. The number of carbonyl (C=O) groups excluding carboxylic acids is 1. The fourth-order valence-electron chi connectivity index (χ4n) is 3.66. The molecule has 0 unspecified atom stereocenters. The molecule has 22 heavy (non-hydrogen) atoms. The van der Waals surface area contributed by atoms with Gasteiger partial charge in [0.05, 0.1) is 24.4 Å². The molecule has 1 saturated carbocycles. The molecule has 1 amide bonds. The maximum atomic E-state index is 13.0. The largest absolute Gasteiger partial charge is 0.374 e. The van der Waals surface area contributed by atoms with Crippen molar-refractivity contribution in [1.82, 2.24) is 14.7 Å². The molecular formula is C16H25N3O3. The van der Waals surface area contributed by atoms with Gasteiger partial charge in [-0.3, -0.25) is 9.48 Å². The van der Waals surface area contributed by atoms with Crippen LogP contribution in [0.1, 0.15) is 42.9 Å². The average Bonchev–Trinajstić information content (AvgIpc) is 3.00. The van der Waals surface area contributed by atoms with Crippen LogP contribution in [-0.4, -0.2) is 58.6 Å². The molecule has 3 atom stereocenters. The quantitative estimate of drug-likeness (QED) is 0.848. The Morgan fingerprint density at radius 1 is 1.45 bits per heavy atom. The number of fused-ring (bicyclic) bond motifs is 2. The second kappa shape index (κ2) is 6.38. The molecule has 122 valence electrons. The van der Waals surface area contributed by atoms with Crippen LogP contribution in [0.3, 0.4) is 0 Å². The van der Waals surface area contributed by atoms with Gasteiger partial charge in [0.15, 0.2) is 0 Å². The van der Waals surface area contributed by atoms with Gasteiger partial charge in [-0.25, -0.2) is 0 Å². The molecule has 1 saturated heterocycles. The smallest absolute Gasteiger partial charge is 0.272 e. The van der Waals surface area contributed by atoms with E-state index in [1.807, 2.05) is 31.7 Å². The first-order valence-corrected chi connectivity index (χ1v) is 8.24. The van der Waals surface area contributed by atoms with Gasteiger partial charge >= 0.3 is 0 Å². The van der Waals surface area contributed by atoms with Crippen LogP contribution < -0.4 is 0 Å². The Morgan fingerprint density at radius 3 is 3.00 bits per heavy atom. The number of rotatable bonds is 4. The van der Waals surface area contributed by atoms with E-state index in [1.165, 1.54) is 0 Å². The molecule has 0 spiro atoms. The van der Waals surface area contributed by atoms with E-state index in [0.29, 0.717) is 32.0 Å².